The fourth-order valence-corrected chi connectivity index (χ4v) is 3.26. The molecule has 4 N–H and O–H groups in total. The summed E-state index contributed by atoms with van der Waals surface area (Å²) in [6, 6.07) is 9.93. The number of aromatic nitrogens is 2. The number of hydrogen-bond acceptors (Lipinski definition) is 5. The zero-order valence-corrected chi connectivity index (χ0v) is 18.1. The number of carbonyl (C=O) groups is 2. The molecule has 1 aromatic heterocycles. The third-order valence-electron chi connectivity index (χ3n) is 5.28. The molecule has 2 aromatic carbocycles. The Balaban J connectivity index is 1.43. The van der Waals surface area contributed by atoms with Gasteiger partial charge in [-0.15, -0.1) is 0 Å². The summed E-state index contributed by atoms with van der Waals surface area (Å²) in [6.07, 6.45) is -2.21. The highest BCUT2D eigenvalue weighted by Crippen LogP contribution is 2.30. The highest BCUT2D eigenvalue weighted by Gasteiger charge is 2.30. The van der Waals surface area contributed by atoms with Crippen molar-refractivity contribution in [2.75, 3.05) is 5.73 Å². The molecule has 11 heteroatoms. The van der Waals surface area contributed by atoms with Crippen molar-refractivity contribution >= 4 is 17.8 Å². The maximum absolute atomic E-state index is 12.8. The summed E-state index contributed by atoms with van der Waals surface area (Å²) in [6.45, 7) is 1.65. The molecular weight excluding hydrogens is 451 g/mol. The fraction of sp³-hybridized carbons (Fsp3) is 0.261. The normalized spacial score (nSPS) is 13.4. The summed E-state index contributed by atoms with van der Waals surface area (Å²) in [5, 5.41) is 9.46. The average molecular weight is 473 g/mol. The SMILES string of the molecule is Cc1ccc(C(=O)NC2CC2)cc1-n1ncc(OC(=O)NCc2cccc(C(F)(F)F)c2)c1N. The molecule has 34 heavy (non-hydrogen) atoms. The number of anilines is 1. The second-order valence-corrected chi connectivity index (χ2v) is 8.00. The van der Waals surface area contributed by atoms with Gasteiger partial charge in [-0.1, -0.05) is 18.2 Å². The predicted octanol–water partition coefficient (Wildman–Crippen LogP) is 3.96. The molecule has 8 nitrogen and oxygen atoms in total. The number of aryl methyl sites for hydroxylation is 1. The molecule has 0 unspecified atom stereocenters. The first kappa shape index (κ1) is 23.1. The van der Waals surface area contributed by atoms with Gasteiger partial charge < -0.3 is 21.1 Å². The van der Waals surface area contributed by atoms with Crippen LogP contribution < -0.4 is 21.1 Å². The van der Waals surface area contributed by atoms with Gasteiger partial charge in [0.2, 0.25) is 0 Å². The maximum atomic E-state index is 12.8. The minimum Gasteiger partial charge on any atom is -0.405 e. The molecule has 0 saturated heterocycles. The molecule has 0 spiro atoms. The Kier molecular flexibility index (Phi) is 6.18. The lowest BCUT2D eigenvalue weighted by molar-refractivity contribution is -0.137. The van der Waals surface area contributed by atoms with E-state index in [0.717, 1.165) is 30.5 Å². The van der Waals surface area contributed by atoms with E-state index in [1.807, 2.05) is 6.92 Å². The maximum Gasteiger partial charge on any atom is 0.416 e. The molecule has 2 amide bonds. The van der Waals surface area contributed by atoms with Gasteiger partial charge in [-0.2, -0.15) is 18.3 Å². The monoisotopic (exact) mass is 473 g/mol. The summed E-state index contributed by atoms with van der Waals surface area (Å²) in [4.78, 5) is 24.6. The van der Waals surface area contributed by atoms with Gasteiger partial charge in [0.1, 0.15) is 0 Å². The van der Waals surface area contributed by atoms with E-state index < -0.39 is 17.8 Å². The van der Waals surface area contributed by atoms with Crippen molar-refractivity contribution < 1.29 is 27.5 Å². The van der Waals surface area contributed by atoms with Gasteiger partial charge in [-0.3, -0.25) is 4.79 Å². The van der Waals surface area contributed by atoms with Crippen LogP contribution in [0.1, 0.15) is 39.9 Å². The number of carbonyl (C=O) groups excluding carboxylic acids is 2. The second kappa shape index (κ2) is 9.08. The molecule has 178 valence electrons. The lowest BCUT2D eigenvalue weighted by Gasteiger charge is -2.11. The van der Waals surface area contributed by atoms with E-state index in [-0.39, 0.29) is 35.6 Å². The van der Waals surface area contributed by atoms with E-state index in [0.29, 0.717) is 11.3 Å². The molecule has 1 aliphatic rings. The Morgan fingerprint density at radius 1 is 1.21 bits per heavy atom. The minimum atomic E-state index is -4.48. The molecule has 3 aromatic rings. The molecule has 0 aliphatic heterocycles. The van der Waals surface area contributed by atoms with Gasteiger partial charge in [0.15, 0.2) is 11.6 Å². The highest BCUT2D eigenvalue weighted by atomic mass is 19.4. The summed E-state index contributed by atoms with van der Waals surface area (Å²) in [7, 11) is 0. The average Bonchev–Trinajstić information content (AvgIpc) is 3.54. The Hall–Kier alpha value is -4.02. The Morgan fingerprint density at radius 3 is 2.68 bits per heavy atom. The zero-order chi connectivity index (χ0) is 24.5. The standard InChI is InChI=1S/C23H22F3N5O3/c1-13-5-6-15(21(32)30-17-7-8-17)10-18(13)31-20(27)19(12-29-31)34-22(33)28-11-14-3-2-4-16(9-14)23(24,25)26/h2-6,9-10,12,17H,7-8,11,27H2,1H3,(H,28,33)(H,30,32). The number of nitrogens with zero attached hydrogens (tertiary/aromatic N) is 2. The largest absolute Gasteiger partial charge is 0.416 e. The number of benzene rings is 2. The van der Waals surface area contributed by atoms with Crippen LogP contribution in [0.15, 0.2) is 48.7 Å². The van der Waals surface area contributed by atoms with Gasteiger partial charge in [0.05, 0.1) is 17.4 Å². The van der Waals surface area contributed by atoms with Crippen molar-refractivity contribution in [3.8, 4) is 11.4 Å². The number of nitrogen functional groups attached to an aromatic ring is 1. The first-order valence-electron chi connectivity index (χ1n) is 10.5. The molecule has 0 bridgehead atoms. The first-order chi connectivity index (χ1) is 16.1. The first-order valence-corrected chi connectivity index (χ1v) is 10.5. The van der Waals surface area contributed by atoms with E-state index in [1.165, 1.54) is 23.0 Å². The summed E-state index contributed by atoms with van der Waals surface area (Å²) < 4.78 is 45.0. The van der Waals surface area contributed by atoms with Crippen molar-refractivity contribution in [2.45, 2.75) is 38.5 Å². The Morgan fingerprint density at radius 2 is 1.97 bits per heavy atom. The smallest absolute Gasteiger partial charge is 0.405 e. The van der Waals surface area contributed by atoms with Crippen LogP contribution in [-0.4, -0.2) is 27.8 Å². The van der Waals surface area contributed by atoms with Gasteiger partial charge in [0.25, 0.3) is 5.91 Å². The molecule has 1 saturated carbocycles. The molecule has 4 rings (SSSR count). The minimum absolute atomic E-state index is 0.0251. The molecule has 0 radical (unpaired) electrons. The quantitative estimate of drug-likeness (QED) is 0.502. The van der Waals surface area contributed by atoms with E-state index in [4.69, 9.17) is 10.5 Å². The molecular formula is C23H22F3N5O3. The fourth-order valence-electron chi connectivity index (χ4n) is 3.26. The van der Waals surface area contributed by atoms with Gasteiger partial charge in [0, 0.05) is 18.2 Å². The number of nitrogens with two attached hydrogens (primary N) is 1. The van der Waals surface area contributed by atoms with Crippen LogP contribution in [0.4, 0.5) is 23.8 Å². The third-order valence-corrected chi connectivity index (χ3v) is 5.28. The third kappa shape index (κ3) is 5.30. The van der Waals surface area contributed by atoms with Crippen molar-refractivity contribution in [2.24, 2.45) is 0 Å². The van der Waals surface area contributed by atoms with Crippen LogP contribution in [-0.2, 0) is 12.7 Å². The van der Waals surface area contributed by atoms with Crippen LogP contribution in [0.5, 0.6) is 5.75 Å². The molecule has 1 heterocycles. The zero-order valence-electron chi connectivity index (χ0n) is 18.1. The Labute approximate surface area is 192 Å². The van der Waals surface area contributed by atoms with E-state index in [2.05, 4.69) is 15.7 Å². The second-order valence-electron chi connectivity index (χ2n) is 8.00. The van der Waals surface area contributed by atoms with Crippen LogP contribution >= 0.6 is 0 Å². The van der Waals surface area contributed by atoms with E-state index in [1.54, 1.807) is 18.2 Å². The number of rotatable bonds is 6. The molecule has 1 aliphatic carbocycles. The van der Waals surface area contributed by atoms with E-state index in [9.17, 15) is 22.8 Å². The number of alkyl halides is 3. The van der Waals surface area contributed by atoms with Crippen molar-refractivity contribution in [1.82, 2.24) is 20.4 Å². The van der Waals surface area contributed by atoms with Crippen LogP contribution in [0, 0.1) is 6.92 Å². The van der Waals surface area contributed by atoms with Crippen molar-refractivity contribution in [3.63, 3.8) is 0 Å². The summed E-state index contributed by atoms with van der Waals surface area (Å²) in [5.41, 5.74) is 7.34. The Bertz CT molecular complexity index is 1230. The topological polar surface area (TPSA) is 111 Å². The molecule has 0 atom stereocenters. The van der Waals surface area contributed by atoms with E-state index >= 15 is 0 Å². The number of nitrogens with one attached hydrogen (secondary N) is 2. The summed E-state index contributed by atoms with van der Waals surface area (Å²) in [5.74, 6) is -0.203. The molecule has 1 fully saturated rings. The summed E-state index contributed by atoms with van der Waals surface area (Å²) >= 11 is 0. The number of halogens is 3. The van der Waals surface area contributed by atoms with Crippen molar-refractivity contribution in [3.05, 3.63) is 70.9 Å². The van der Waals surface area contributed by atoms with Crippen LogP contribution in [0.2, 0.25) is 0 Å². The number of hydrogen-bond donors (Lipinski definition) is 3. The number of ether oxygens (including phenoxy) is 1. The highest BCUT2D eigenvalue weighted by molar-refractivity contribution is 5.95. The van der Waals surface area contributed by atoms with Gasteiger partial charge >= 0.3 is 12.3 Å². The lowest BCUT2D eigenvalue weighted by Crippen LogP contribution is -2.26. The van der Waals surface area contributed by atoms with Crippen LogP contribution in [0.3, 0.4) is 0 Å². The van der Waals surface area contributed by atoms with Crippen molar-refractivity contribution in [1.29, 1.82) is 0 Å². The van der Waals surface area contributed by atoms with Crippen LogP contribution in [0.25, 0.3) is 5.69 Å². The number of amides is 2. The van der Waals surface area contributed by atoms with Gasteiger partial charge in [-0.25, -0.2) is 9.48 Å². The van der Waals surface area contributed by atoms with Gasteiger partial charge in [-0.05, 0) is 55.2 Å². The predicted molar refractivity (Wildman–Crippen MR) is 118 cm³/mol. The lowest BCUT2D eigenvalue weighted by atomic mass is 10.1.